The monoisotopic (exact) mass is 226 g/mol. The van der Waals surface area contributed by atoms with E-state index in [2.05, 4.69) is 41.1 Å². The van der Waals surface area contributed by atoms with Crippen LogP contribution in [0.4, 0.5) is 0 Å². The fraction of sp³-hybridized carbons (Fsp3) is 0.231. The third kappa shape index (κ3) is 2.68. The van der Waals surface area contributed by atoms with E-state index >= 15 is 0 Å². The number of fused-ring (bicyclic) bond motifs is 1. The zero-order valence-electron chi connectivity index (χ0n) is 9.78. The van der Waals surface area contributed by atoms with E-state index < -0.39 is 8.07 Å². The second-order valence-electron chi connectivity index (χ2n) is 4.80. The van der Waals surface area contributed by atoms with Gasteiger partial charge in [-0.05, 0) is 18.2 Å². The van der Waals surface area contributed by atoms with E-state index in [0.29, 0.717) is 0 Å². The van der Waals surface area contributed by atoms with Gasteiger partial charge in [-0.15, -0.1) is 5.54 Å². The van der Waals surface area contributed by atoms with E-state index in [4.69, 9.17) is 0 Å². The number of hydrogen-bond donors (Lipinski definition) is 0. The molecule has 0 unspecified atom stereocenters. The van der Waals surface area contributed by atoms with Crippen molar-refractivity contribution in [3.63, 3.8) is 0 Å². The van der Waals surface area contributed by atoms with E-state index in [9.17, 15) is 0 Å². The first kappa shape index (κ1) is 10.8. The van der Waals surface area contributed by atoms with Gasteiger partial charge in [0.1, 0.15) is 14.4 Å². The molecule has 0 saturated heterocycles. The van der Waals surface area contributed by atoms with Crippen LogP contribution in [-0.4, -0.2) is 18.0 Å². The molecule has 0 bridgehead atoms. The topological polar surface area (TPSA) is 25.8 Å². The summed E-state index contributed by atoms with van der Waals surface area (Å²) in [6, 6.07) is 6.05. The summed E-state index contributed by atoms with van der Waals surface area (Å²) in [5, 5.41) is 1.05. The Morgan fingerprint density at radius 3 is 2.75 bits per heavy atom. The van der Waals surface area contributed by atoms with Gasteiger partial charge in [0.05, 0.1) is 5.52 Å². The highest BCUT2D eigenvalue weighted by Gasteiger charge is 2.07. The molecule has 0 aliphatic carbocycles. The van der Waals surface area contributed by atoms with Crippen molar-refractivity contribution in [3.8, 4) is 11.5 Å². The number of benzene rings is 1. The zero-order valence-corrected chi connectivity index (χ0v) is 10.8. The molecule has 0 N–H and O–H groups in total. The van der Waals surface area contributed by atoms with Crippen LogP contribution in [0.25, 0.3) is 10.9 Å². The minimum atomic E-state index is -1.30. The van der Waals surface area contributed by atoms with Gasteiger partial charge in [-0.25, -0.2) is 9.97 Å². The molecule has 0 fully saturated rings. The Kier molecular flexibility index (Phi) is 2.76. The zero-order chi connectivity index (χ0) is 11.6. The minimum Gasteiger partial charge on any atom is -0.244 e. The molecule has 2 rings (SSSR count). The van der Waals surface area contributed by atoms with E-state index in [1.165, 1.54) is 0 Å². The van der Waals surface area contributed by atoms with Gasteiger partial charge in [-0.3, -0.25) is 0 Å². The lowest BCUT2D eigenvalue weighted by molar-refractivity contribution is 1.22. The molecular weight excluding hydrogens is 212 g/mol. The lowest BCUT2D eigenvalue weighted by Crippen LogP contribution is -2.16. The number of aromatic nitrogens is 2. The van der Waals surface area contributed by atoms with Gasteiger partial charge in [-0.2, -0.15) is 0 Å². The van der Waals surface area contributed by atoms with Crippen LogP contribution >= 0.6 is 0 Å². The summed E-state index contributed by atoms with van der Waals surface area (Å²) in [5.41, 5.74) is 5.36. The number of rotatable bonds is 0. The molecule has 0 spiro atoms. The number of hydrogen-bond acceptors (Lipinski definition) is 2. The summed E-state index contributed by atoms with van der Waals surface area (Å²) in [6.07, 6.45) is 3.39. The molecule has 3 heteroatoms. The van der Waals surface area contributed by atoms with Crippen LogP contribution in [0.3, 0.4) is 0 Å². The van der Waals surface area contributed by atoms with Gasteiger partial charge < -0.3 is 0 Å². The maximum absolute atomic E-state index is 4.18. The first-order chi connectivity index (χ1) is 7.54. The van der Waals surface area contributed by atoms with Gasteiger partial charge in [0.15, 0.2) is 0 Å². The van der Waals surface area contributed by atoms with Crippen LogP contribution < -0.4 is 0 Å². The van der Waals surface area contributed by atoms with Crippen LogP contribution in [0.2, 0.25) is 19.6 Å². The minimum absolute atomic E-state index is 0.966. The maximum Gasteiger partial charge on any atom is 0.129 e. The highest BCUT2D eigenvalue weighted by molar-refractivity contribution is 6.83. The summed E-state index contributed by atoms with van der Waals surface area (Å²) in [6.45, 7) is 6.72. The molecule has 16 heavy (non-hydrogen) atoms. The van der Waals surface area contributed by atoms with Crippen molar-refractivity contribution in [1.29, 1.82) is 0 Å². The Morgan fingerprint density at radius 1 is 1.19 bits per heavy atom. The van der Waals surface area contributed by atoms with Gasteiger partial charge in [0.25, 0.3) is 0 Å². The average Bonchev–Trinajstić information content (AvgIpc) is 2.25. The molecule has 1 heterocycles. The molecule has 0 saturated carbocycles. The molecule has 1 aromatic carbocycles. The molecule has 0 amide bonds. The molecule has 1 aromatic heterocycles. The van der Waals surface area contributed by atoms with Crippen LogP contribution in [0.5, 0.6) is 0 Å². The summed E-state index contributed by atoms with van der Waals surface area (Å²) in [4.78, 5) is 8.19. The molecule has 0 aliphatic heterocycles. The highest BCUT2D eigenvalue weighted by atomic mass is 28.3. The normalized spacial score (nSPS) is 10.9. The van der Waals surface area contributed by atoms with Crippen LogP contribution in [0, 0.1) is 11.5 Å². The van der Waals surface area contributed by atoms with Crippen molar-refractivity contribution in [3.05, 3.63) is 36.3 Å². The first-order valence-electron chi connectivity index (χ1n) is 5.27. The largest absolute Gasteiger partial charge is 0.244 e. The predicted molar refractivity (Wildman–Crippen MR) is 69.8 cm³/mol. The molecule has 2 aromatic rings. The van der Waals surface area contributed by atoms with Crippen molar-refractivity contribution in [2.24, 2.45) is 0 Å². The lowest BCUT2D eigenvalue weighted by atomic mass is 10.1. The van der Waals surface area contributed by atoms with E-state index in [1.807, 2.05) is 24.4 Å². The molecule has 2 nitrogen and oxygen atoms in total. The van der Waals surface area contributed by atoms with Gasteiger partial charge in [-0.1, -0.05) is 25.6 Å². The van der Waals surface area contributed by atoms with Gasteiger partial charge in [0.2, 0.25) is 0 Å². The molecule has 80 valence electrons. The summed E-state index contributed by atoms with van der Waals surface area (Å²) in [5.74, 6) is 3.23. The maximum atomic E-state index is 4.18. The second kappa shape index (κ2) is 4.07. The van der Waals surface area contributed by atoms with E-state index in [1.54, 1.807) is 6.33 Å². The molecular formula is C13H14N2Si. The third-order valence-corrected chi connectivity index (χ3v) is 2.96. The Hall–Kier alpha value is -1.66. The molecule has 0 atom stereocenters. The number of nitrogens with zero attached hydrogens (tertiary/aromatic N) is 2. The van der Waals surface area contributed by atoms with Gasteiger partial charge in [0, 0.05) is 17.1 Å². The molecule has 0 aliphatic rings. The Balaban J connectivity index is 2.43. The molecule has 0 radical (unpaired) electrons. The summed E-state index contributed by atoms with van der Waals surface area (Å²) >= 11 is 0. The first-order valence-corrected chi connectivity index (χ1v) is 8.77. The quantitative estimate of drug-likeness (QED) is 0.510. The Bertz CT molecular complexity index is 573. The van der Waals surface area contributed by atoms with E-state index in [-0.39, 0.29) is 0 Å². The SMILES string of the molecule is C[Si](C)(C)C#Cc1ccc2ncncc2c1. The fourth-order valence-electron chi connectivity index (χ4n) is 1.32. The second-order valence-corrected chi connectivity index (χ2v) is 9.55. The van der Waals surface area contributed by atoms with Gasteiger partial charge >= 0.3 is 0 Å². The van der Waals surface area contributed by atoms with Crippen molar-refractivity contribution in [2.45, 2.75) is 19.6 Å². The Labute approximate surface area is 96.8 Å². The van der Waals surface area contributed by atoms with Crippen molar-refractivity contribution < 1.29 is 0 Å². The Morgan fingerprint density at radius 2 is 2.00 bits per heavy atom. The summed E-state index contributed by atoms with van der Waals surface area (Å²) in [7, 11) is -1.30. The standard InChI is InChI=1S/C13H14N2Si/c1-16(2,3)7-6-11-4-5-13-12(8-11)9-14-10-15-13/h4-5,8-10H,1-3H3. The predicted octanol–water partition coefficient (Wildman–Crippen LogP) is 2.86. The van der Waals surface area contributed by atoms with Crippen LogP contribution in [0.1, 0.15) is 5.56 Å². The van der Waals surface area contributed by atoms with Crippen LogP contribution in [-0.2, 0) is 0 Å². The van der Waals surface area contributed by atoms with Crippen LogP contribution in [0.15, 0.2) is 30.7 Å². The summed E-state index contributed by atoms with van der Waals surface area (Å²) < 4.78 is 0. The van der Waals surface area contributed by atoms with Crippen molar-refractivity contribution in [2.75, 3.05) is 0 Å². The highest BCUT2D eigenvalue weighted by Crippen LogP contribution is 2.11. The van der Waals surface area contributed by atoms with E-state index in [0.717, 1.165) is 16.5 Å². The fourth-order valence-corrected chi connectivity index (χ4v) is 1.84. The van der Waals surface area contributed by atoms with Crippen molar-refractivity contribution >= 4 is 19.0 Å². The lowest BCUT2D eigenvalue weighted by Gasteiger charge is -2.03. The third-order valence-electron chi connectivity index (χ3n) is 2.09. The average molecular weight is 226 g/mol. The van der Waals surface area contributed by atoms with Crippen molar-refractivity contribution in [1.82, 2.24) is 9.97 Å². The smallest absolute Gasteiger partial charge is 0.129 e.